The van der Waals surface area contributed by atoms with Gasteiger partial charge in [-0.1, -0.05) is 26.0 Å². The number of nitrogens with one attached hydrogen (secondary N) is 1. The molecule has 20 heavy (non-hydrogen) atoms. The van der Waals surface area contributed by atoms with Crippen LogP contribution in [0.2, 0.25) is 0 Å². The van der Waals surface area contributed by atoms with Crippen LogP contribution in [0.15, 0.2) is 39.0 Å². The Bertz CT molecular complexity index is 569. The summed E-state index contributed by atoms with van der Waals surface area (Å²) >= 11 is 1.23. The predicted octanol–water partition coefficient (Wildman–Crippen LogP) is 4.02. The number of aryl methyl sites for hydroxylation is 1. The van der Waals surface area contributed by atoms with E-state index in [4.69, 9.17) is 4.42 Å². The maximum atomic E-state index is 14.0. The van der Waals surface area contributed by atoms with Crippen molar-refractivity contribution in [2.75, 3.05) is 6.54 Å². The normalized spacial score (nSPS) is 11.2. The molecule has 2 aromatic rings. The highest BCUT2D eigenvalue weighted by molar-refractivity contribution is 7.99. The molecule has 0 unspecified atom stereocenters. The Morgan fingerprint density at radius 1 is 1.40 bits per heavy atom. The smallest absolute Gasteiger partial charge is 0.260 e. The molecule has 3 nitrogen and oxygen atoms in total. The molecule has 0 fully saturated rings. The first-order chi connectivity index (χ1) is 9.56. The van der Waals surface area contributed by atoms with Crippen LogP contribution >= 0.6 is 11.8 Å². The third-order valence-corrected chi connectivity index (χ3v) is 3.73. The molecule has 0 saturated heterocycles. The van der Waals surface area contributed by atoms with Crippen molar-refractivity contribution in [2.24, 2.45) is 5.92 Å². The van der Waals surface area contributed by atoms with E-state index >= 15 is 0 Å². The topological polar surface area (TPSA) is 38.1 Å². The van der Waals surface area contributed by atoms with Gasteiger partial charge in [-0.15, -0.1) is 0 Å². The maximum Gasteiger partial charge on any atom is 0.260 e. The minimum absolute atomic E-state index is 0.241. The van der Waals surface area contributed by atoms with Crippen LogP contribution in [0.1, 0.15) is 25.1 Å². The summed E-state index contributed by atoms with van der Waals surface area (Å²) in [5.41, 5.74) is 1.72. The van der Waals surface area contributed by atoms with E-state index < -0.39 is 0 Å². The van der Waals surface area contributed by atoms with Gasteiger partial charge in [-0.25, -0.2) is 9.37 Å². The molecule has 5 heteroatoms. The molecule has 0 aliphatic heterocycles. The van der Waals surface area contributed by atoms with Gasteiger partial charge in [0.2, 0.25) is 0 Å². The fourth-order valence-corrected chi connectivity index (χ4v) is 2.67. The molecule has 1 aromatic heterocycles. The molecule has 2 rings (SSSR count). The largest absolute Gasteiger partial charge is 0.439 e. The predicted molar refractivity (Wildman–Crippen MR) is 78.3 cm³/mol. The number of hydrogen-bond acceptors (Lipinski definition) is 4. The lowest BCUT2D eigenvalue weighted by Gasteiger charge is -2.11. The highest BCUT2D eigenvalue weighted by Gasteiger charge is 2.13. The second kappa shape index (κ2) is 6.90. The van der Waals surface area contributed by atoms with Crippen LogP contribution < -0.4 is 5.32 Å². The summed E-state index contributed by atoms with van der Waals surface area (Å²) in [4.78, 5) is 4.78. The number of oxazole rings is 1. The average Bonchev–Trinajstić information content (AvgIpc) is 2.78. The van der Waals surface area contributed by atoms with E-state index in [0.717, 1.165) is 17.8 Å². The number of aromatic nitrogens is 1. The van der Waals surface area contributed by atoms with Crippen LogP contribution in [0.25, 0.3) is 0 Å². The van der Waals surface area contributed by atoms with Gasteiger partial charge in [0.1, 0.15) is 12.1 Å². The van der Waals surface area contributed by atoms with Gasteiger partial charge in [-0.05, 0) is 42.8 Å². The van der Waals surface area contributed by atoms with Crippen molar-refractivity contribution < 1.29 is 8.81 Å². The summed E-state index contributed by atoms with van der Waals surface area (Å²) in [7, 11) is 0. The van der Waals surface area contributed by atoms with E-state index in [0.29, 0.717) is 22.6 Å². The third-order valence-electron chi connectivity index (χ3n) is 2.70. The Kier molecular flexibility index (Phi) is 5.20. The monoisotopic (exact) mass is 294 g/mol. The van der Waals surface area contributed by atoms with E-state index in [9.17, 15) is 4.39 Å². The first-order valence-corrected chi connectivity index (χ1v) is 7.46. The SMILES string of the molecule is Cc1coc(Sc2c(F)cccc2CNCC(C)C)n1. The Morgan fingerprint density at radius 3 is 2.85 bits per heavy atom. The van der Waals surface area contributed by atoms with Crippen molar-refractivity contribution >= 4 is 11.8 Å². The average molecular weight is 294 g/mol. The van der Waals surface area contributed by atoms with E-state index in [1.807, 2.05) is 13.0 Å². The zero-order valence-electron chi connectivity index (χ0n) is 11.9. The molecule has 0 radical (unpaired) electrons. The van der Waals surface area contributed by atoms with E-state index in [1.54, 1.807) is 12.3 Å². The number of hydrogen-bond donors (Lipinski definition) is 1. The standard InChI is InChI=1S/C15H19FN2OS/c1-10(2)7-17-8-12-5-4-6-13(16)14(12)20-15-18-11(3)9-19-15/h4-6,9-10,17H,7-8H2,1-3H3. The highest BCUT2D eigenvalue weighted by Crippen LogP contribution is 2.32. The molecule has 0 atom stereocenters. The number of benzene rings is 1. The van der Waals surface area contributed by atoms with Crippen molar-refractivity contribution in [3.8, 4) is 0 Å². The van der Waals surface area contributed by atoms with Gasteiger partial charge < -0.3 is 9.73 Å². The van der Waals surface area contributed by atoms with Crippen molar-refractivity contribution in [1.82, 2.24) is 10.3 Å². The second-order valence-corrected chi connectivity index (χ2v) is 6.07. The van der Waals surface area contributed by atoms with Crippen LogP contribution in [-0.2, 0) is 6.54 Å². The van der Waals surface area contributed by atoms with Gasteiger partial charge in [-0.2, -0.15) is 0 Å². The van der Waals surface area contributed by atoms with Crippen molar-refractivity contribution in [3.05, 3.63) is 41.5 Å². The minimum atomic E-state index is -0.241. The number of halogens is 1. The molecule has 1 aromatic carbocycles. The lowest BCUT2D eigenvalue weighted by molar-refractivity contribution is 0.453. The Morgan fingerprint density at radius 2 is 2.20 bits per heavy atom. The minimum Gasteiger partial charge on any atom is -0.439 e. The molecular formula is C15H19FN2OS. The second-order valence-electron chi connectivity index (χ2n) is 5.11. The Hall–Kier alpha value is -1.33. The van der Waals surface area contributed by atoms with Gasteiger partial charge in [0.25, 0.3) is 5.22 Å². The van der Waals surface area contributed by atoms with E-state index in [1.165, 1.54) is 17.8 Å². The van der Waals surface area contributed by atoms with Crippen LogP contribution in [0.3, 0.4) is 0 Å². The van der Waals surface area contributed by atoms with Crippen molar-refractivity contribution in [2.45, 2.75) is 37.4 Å². The molecule has 0 saturated carbocycles. The molecule has 0 spiro atoms. The first-order valence-electron chi connectivity index (χ1n) is 6.64. The molecule has 0 aliphatic rings. The van der Waals surface area contributed by atoms with Crippen molar-refractivity contribution in [1.29, 1.82) is 0 Å². The summed E-state index contributed by atoms with van der Waals surface area (Å²) < 4.78 is 19.3. The molecule has 0 bridgehead atoms. The van der Waals surface area contributed by atoms with E-state index in [2.05, 4.69) is 24.1 Å². The van der Waals surface area contributed by atoms with Gasteiger partial charge in [0.15, 0.2) is 0 Å². The highest BCUT2D eigenvalue weighted by atomic mass is 32.2. The summed E-state index contributed by atoms with van der Waals surface area (Å²) in [5, 5.41) is 3.80. The zero-order chi connectivity index (χ0) is 14.5. The number of nitrogens with zero attached hydrogens (tertiary/aromatic N) is 1. The Labute approximate surface area is 123 Å². The van der Waals surface area contributed by atoms with Crippen LogP contribution in [-0.4, -0.2) is 11.5 Å². The van der Waals surface area contributed by atoms with Crippen LogP contribution in [0.5, 0.6) is 0 Å². The van der Waals surface area contributed by atoms with E-state index in [-0.39, 0.29) is 5.82 Å². The maximum absolute atomic E-state index is 14.0. The van der Waals surface area contributed by atoms with Crippen LogP contribution in [0.4, 0.5) is 4.39 Å². The molecule has 0 amide bonds. The van der Waals surface area contributed by atoms with Gasteiger partial charge >= 0.3 is 0 Å². The van der Waals surface area contributed by atoms with Crippen LogP contribution in [0, 0.1) is 18.7 Å². The summed E-state index contributed by atoms with van der Waals surface area (Å²) in [6.07, 6.45) is 1.57. The van der Waals surface area contributed by atoms with Crippen molar-refractivity contribution in [3.63, 3.8) is 0 Å². The lowest BCUT2D eigenvalue weighted by Crippen LogP contribution is -2.19. The quantitative estimate of drug-likeness (QED) is 0.873. The first kappa shape index (κ1) is 15.1. The summed E-state index contributed by atoms with van der Waals surface area (Å²) in [6, 6.07) is 5.12. The summed E-state index contributed by atoms with van der Waals surface area (Å²) in [6.45, 7) is 7.67. The molecule has 1 heterocycles. The zero-order valence-corrected chi connectivity index (χ0v) is 12.8. The van der Waals surface area contributed by atoms with Gasteiger partial charge in [-0.3, -0.25) is 0 Å². The lowest BCUT2D eigenvalue weighted by atomic mass is 10.2. The van der Waals surface area contributed by atoms with Gasteiger partial charge in [0.05, 0.1) is 10.6 Å². The fraction of sp³-hybridized carbons (Fsp3) is 0.400. The molecule has 1 N–H and O–H groups in total. The van der Waals surface area contributed by atoms with Gasteiger partial charge in [0, 0.05) is 6.54 Å². The third kappa shape index (κ3) is 4.08. The fourth-order valence-electron chi connectivity index (χ4n) is 1.77. The number of rotatable bonds is 6. The molecule has 108 valence electrons. The summed E-state index contributed by atoms with van der Waals surface area (Å²) in [5.74, 6) is 0.323. The molecule has 0 aliphatic carbocycles. The Balaban J connectivity index is 2.13. The molecular weight excluding hydrogens is 275 g/mol.